The topological polar surface area (TPSA) is 17.1 Å². The highest BCUT2D eigenvalue weighted by Gasteiger charge is 2.16. The molecule has 0 atom stereocenters. The van der Waals surface area contributed by atoms with Gasteiger partial charge in [-0.15, -0.1) is 11.3 Å². The zero-order chi connectivity index (χ0) is 13.1. The van der Waals surface area contributed by atoms with E-state index in [0.29, 0.717) is 0 Å². The van der Waals surface area contributed by atoms with Crippen molar-refractivity contribution in [1.29, 1.82) is 0 Å². The van der Waals surface area contributed by atoms with Crippen LogP contribution < -0.4 is 0 Å². The van der Waals surface area contributed by atoms with Crippen molar-refractivity contribution in [2.45, 2.75) is 38.0 Å². The molecule has 1 fully saturated rings. The van der Waals surface area contributed by atoms with Crippen LogP contribution in [0.25, 0.3) is 10.4 Å². The van der Waals surface area contributed by atoms with Crippen molar-refractivity contribution in [2.75, 3.05) is 0 Å². The molecule has 0 radical (unpaired) electrons. The second-order valence-electron chi connectivity index (χ2n) is 5.28. The van der Waals surface area contributed by atoms with E-state index in [2.05, 4.69) is 24.3 Å². The van der Waals surface area contributed by atoms with Crippen LogP contribution in [0.2, 0.25) is 0 Å². The maximum absolute atomic E-state index is 10.8. The van der Waals surface area contributed by atoms with Crippen molar-refractivity contribution in [3.05, 3.63) is 46.8 Å². The van der Waals surface area contributed by atoms with Crippen molar-refractivity contribution < 1.29 is 4.79 Å². The molecule has 1 aromatic heterocycles. The molecule has 0 saturated heterocycles. The van der Waals surface area contributed by atoms with Gasteiger partial charge in [0.25, 0.3) is 0 Å². The number of thiophene rings is 1. The summed E-state index contributed by atoms with van der Waals surface area (Å²) >= 11 is 1.57. The standard InChI is InChI=1S/C17H18OS/c18-12-16-9-10-17(19-16)15-8-4-7-14(11-15)13-5-2-1-3-6-13/h4,7-13H,1-3,5-6H2. The first-order valence-corrected chi connectivity index (χ1v) is 7.84. The molecule has 1 aliphatic carbocycles. The molecular weight excluding hydrogens is 252 g/mol. The third-order valence-corrected chi connectivity index (χ3v) is 5.05. The summed E-state index contributed by atoms with van der Waals surface area (Å²) in [6.07, 6.45) is 7.70. The van der Waals surface area contributed by atoms with E-state index in [1.165, 1.54) is 48.1 Å². The summed E-state index contributed by atoms with van der Waals surface area (Å²) < 4.78 is 0. The maximum Gasteiger partial charge on any atom is 0.160 e. The van der Waals surface area contributed by atoms with Gasteiger partial charge in [-0.25, -0.2) is 0 Å². The summed E-state index contributed by atoms with van der Waals surface area (Å²) in [6.45, 7) is 0. The van der Waals surface area contributed by atoms with Gasteiger partial charge >= 0.3 is 0 Å². The first kappa shape index (κ1) is 12.6. The lowest BCUT2D eigenvalue weighted by molar-refractivity contribution is 0.112. The summed E-state index contributed by atoms with van der Waals surface area (Å²) in [4.78, 5) is 12.8. The van der Waals surface area contributed by atoms with Crippen molar-refractivity contribution in [3.63, 3.8) is 0 Å². The minimum Gasteiger partial charge on any atom is -0.297 e. The quantitative estimate of drug-likeness (QED) is 0.694. The van der Waals surface area contributed by atoms with Crippen molar-refractivity contribution in [1.82, 2.24) is 0 Å². The molecule has 19 heavy (non-hydrogen) atoms. The van der Waals surface area contributed by atoms with E-state index in [1.807, 2.05) is 12.1 Å². The van der Waals surface area contributed by atoms with Gasteiger partial charge in [0.2, 0.25) is 0 Å². The number of hydrogen-bond donors (Lipinski definition) is 0. The van der Waals surface area contributed by atoms with Gasteiger partial charge in [-0.2, -0.15) is 0 Å². The van der Waals surface area contributed by atoms with E-state index >= 15 is 0 Å². The summed E-state index contributed by atoms with van der Waals surface area (Å²) in [6, 6.07) is 12.8. The van der Waals surface area contributed by atoms with Crippen LogP contribution in [0.4, 0.5) is 0 Å². The van der Waals surface area contributed by atoms with Gasteiger partial charge in [-0.05, 0) is 42.0 Å². The Morgan fingerprint density at radius 3 is 2.63 bits per heavy atom. The second-order valence-corrected chi connectivity index (χ2v) is 6.40. The predicted octanol–water partition coefficient (Wildman–Crippen LogP) is 5.28. The minimum absolute atomic E-state index is 0.735. The Balaban J connectivity index is 1.88. The third-order valence-electron chi connectivity index (χ3n) is 3.99. The van der Waals surface area contributed by atoms with Crippen LogP contribution in [-0.2, 0) is 0 Å². The van der Waals surface area contributed by atoms with Gasteiger partial charge < -0.3 is 0 Å². The Hall–Kier alpha value is -1.41. The lowest BCUT2D eigenvalue weighted by Crippen LogP contribution is -2.04. The highest BCUT2D eigenvalue weighted by atomic mass is 32.1. The Bertz CT molecular complexity index is 564. The van der Waals surface area contributed by atoms with Crippen LogP contribution in [-0.4, -0.2) is 6.29 Å². The highest BCUT2D eigenvalue weighted by molar-refractivity contribution is 7.17. The van der Waals surface area contributed by atoms with E-state index in [1.54, 1.807) is 11.3 Å². The van der Waals surface area contributed by atoms with Crippen molar-refractivity contribution in [2.24, 2.45) is 0 Å². The lowest BCUT2D eigenvalue weighted by Gasteiger charge is -2.22. The molecule has 1 nitrogen and oxygen atoms in total. The van der Waals surface area contributed by atoms with Gasteiger partial charge in [-0.3, -0.25) is 4.79 Å². The molecule has 2 aromatic rings. The fourth-order valence-electron chi connectivity index (χ4n) is 2.95. The van der Waals surface area contributed by atoms with Gasteiger partial charge in [0, 0.05) is 4.88 Å². The Labute approximate surface area is 118 Å². The largest absolute Gasteiger partial charge is 0.297 e. The lowest BCUT2D eigenvalue weighted by atomic mass is 9.83. The zero-order valence-electron chi connectivity index (χ0n) is 11.0. The fraction of sp³-hybridized carbons (Fsp3) is 0.353. The minimum atomic E-state index is 0.735. The van der Waals surface area contributed by atoms with E-state index < -0.39 is 0 Å². The molecule has 3 rings (SSSR count). The van der Waals surface area contributed by atoms with Crippen molar-refractivity contribution in [3.8, 4) is 10.4 Å². The maximum atomic E-state index is 10.8. The van der Waals surface area contributed by atoms with E-state index in [0.717, 1.165) is 17.1 Å². The first-order valence-electron chi connectivity index (χ1n) is 7.02. The molecule has 2 heteroatoms. The average Bonchev–Trinajstić information content (AvgIpc) is 2.97. The number of rotatable bonds is 3. The van der Waals surface area contributed by atoms with E-state index in [-0.39, 0.29) is 0 Å². The molecular formula is C17H18OS. The normalized spacial score (nSPS) is 16.4. The number of benzene rings is 1. The van der Waals surface area contributed by atoms with Crippen molar-refractivity contribution >= 4 is 17.6 Å². The molecule has 0 amide bonds. The number of carbonyl (C=O) groups is 1. The fourth-order valence-corrected chi connectivity index (χ4v) is 3.77. The SMILES string of the molecule is O=Cc1ccc(-c2cccc(C3CCCCC3)c2)s1. The Morgan fingerprint density at radius 1 is 1.05 bits per heavy atom. The Kier molecular flexibility index (Phi) is 3.79. The van der Waals surface area contributed by atoms with Crippen LogP contribution in [0.1, 0.15) is 53.3 Å². The third kappa shape index (κ3) is 2.79. The first-order chi connectivity index (χ1) is 9.36. The van der Waals surface area contributed by atoms with Gasteiger partial charge in [0.15, 0.2) is 6.29 Å². The highest BCUT2D eigenvalue weighted by Crippen LogP contribution is 2.35. The van der Waals surface area contributed by atoms with Gasteiger partial charge in [0.1, 0.15) is 0 Å². The molecule has 1 heterocycles. The van der Waals surface area contributed by atoms with Crippen LogP contribution >= 0.6 is 11.3 Å². The second kappa shape index (κ2) is 5.70. The summed E-state index contributed by atoms with van der Waals surface area (Å²) in [5.41, 5.74) is 2.72. The monoisotopic (exact) mass is 270 g/mol. The molecule has 0 spiro atoms. The molecule has 0 bridgehead atoms. The molecule has 98 valence electrons. The smallest absolute Gasteiger partial charge is 0.160 e. The molecule has 0 unspecified atom stereocenters. The van der Waals surface area contributed by atoms with Crippen LogP contribution in [0, 0.1) is 0 Å². The number of aldehydes is 1. The summed E-state index contributed by atoms with van der Waals surface area (Å²) in [7, 11) is 0. The number of carbonyl (C=O) groups excluding carboxylic acids is 1. The average molecular weight is 270 g/mol. The van der Waals surface area contributed by atoms with E-state index in [9.17, 15) is 4.79 Å². The summed E-state index contributed by atoms with van der Waals surface area (Å²) in [5.74, 6) is 0.735. The predicted molar refractivity (Wildman–Crippen MR) is 81.0 cm³/mol. The zero-order valence-corrected chi connectivity index (χ0v) is 11.8. The molecule has 1 aromatic carbocycles. The molecule has 0 N–H and O–H groups in total. The van der Waals surface area contributed by atoms with Crippen LogP contribution in [0.5, 0.6) is 0 Å². The van der Waals surface area contributed by atoms with Crippen LogP contribution in [0.15, 0.2) is 36.4 Å². The van der Waals surface area contributed by atoms with Crippen LogP contribution in [0.3, 0.4) is 0 Å². The number of hydrogen-bond acceptors (Lipinski definition) is 2. The van der Waals surface area contributed by atoms with Gasteiger partial charge in [0.05, 0.1) is 4.88 Å². The van der Waals surface area contributed by atoms with E-state index in [4.69, 9.17) is 0 Å². The van der Waals surface area contributed by atoms with Gasteiger partial charge in [-0.1, -0.05) is 43.5 Å². The molecule has 0 aliphatic heterocycles. The Morgan fingerprint density at radius 2 is 1.89 bits per heavy atom. The molecule has 1 saturated carbocycles. The molecule has 1 aliphatic rings. The summed E-state index contributed by atoms with van der Waals surface area (Å²) in [5, 5.41) is 0.